The van der Waals surface area contributed by atoms with Gasteiger partial charge in [-0.1, -0.05) is 13.5 Å². The second kappa shape index (κ2) is 16.5. The maximum absolute atomic E-state index is 11.7. The number of halogens is 6. The third kappa shape index (κ3) is 24.6. The van der Waals surface area contributed by atoms with E-state index in [-0.39, 0.29) is 14.0 Å². The first-order valence-corrected chi connectivity index (χ1v) is 8.52. The van der Waals surface area contributed by atoms with E-state index < -0.39 is 55.8 Å². The van der Waals surface area contributed by atoms with Gasteiger partial charge in [0.15, 0.2) is 0 Å². The molecular formula is C16H25AlBF6NO4. The van der Waals surface area contributed by atoms with Crippen molar-refractivity contribution in [2.45, 2.75) is 59.3 Å². The van der Waals surface area contributed by atoms with Crippen molar-refractivity contribution in [2.75, 3.05) is 13.2 Å². The third-order valence-electron chi connectivity index (χ3n) is 3.02. The summed E-state index contributed by atoms with van der Waals surface area (Å²) in [5.74, 6) is -1.37. The minimum atomic E-state index is -4.28. The van der Waals surface area contributed by atoms with E-state index in [2.05, 4.69) is 16.1 Å². The molecule has 0 aliphatic rings. The minimum absolute atomic E-state index is 0. The van der Waals surface area contributed by atoms with Gasteiger partial charge in [-0.15, -0.1) is 0 Å². The van der Waals surface area contributed by atoms with Crippen molar-refractivity contribution in [1.29, 1.82) is 4.35 Å². The van der Waals surface area contributed by atoms with Crippen molar-refractivity contribution in [3.8, 4) is 0 Å². The van der Waals surface area contributed by atoms with Gasteiger partial charge in [-0.25, -0.2) is 4.79 Å². The van der Waals surface area contributed by atoms with Crippen LogP contribution in [-0.2, 0) is 19.1 Å². The molecule has 0 aliphatic carbocycles. The Morgan fingerprint density at radius 2 is 1.28 bits per heavy atom. The molecule has 29 heavy (non-hydrogen) atoms. The van der Waals surface area contributed by atoms with Gasteiger partial charge in [0.25, 0.3) is 0 Å². The van der Waals surface area contributed by atoms with E-state index >= 15 is 0 Å². The monoisotopic (exact) mass is 447 g/mol. The second-order valence-electron chi connectivity index (χ2n) is 6.02. The van der Waals surface area contributed by atoms with Gasteiger partial charge in [0.1, 0.15) is 6.61 Å². The van der Waals surface area contributed by atoms with Crippen molar-refractivity contribution in [3.05, 3.63) is 12.2 Å². The Hall–Kier alpha value is -1.34. The zero-order chi connectivity index (χ0) is 23.2. The van der Waals surface area contributed by atoms with E-state index in [1.807, 2.05) is 0 Å². The summed E-state index contributed by atoms with van der Waals surface area (Å²) in [4.78, 5) is 21.7. The Balaban J connectivity index is -0.000000194. The number of ether oxygens (including phenoxy) is 2. The predicted octanol–water partition coefficient (Wildman–Crippen LogP) is 4.51. The molecule has 0 heterocycles. The molecule has 0 atom stereocenters. The summed E-state index contributed by atoms with van der Waals surface area (Å²) in [7, 11) is 0. The molecule has 5 nitrogen and oxygen atoms in total. The second-order valence-corrected chi connectivity index (χ2v) is 6.02. The Kier molecular flexibility index (Phi) is 19.9. The molecule has 0 unspecified atom stereocenters. The van der Waals surface area contributed by atoms with Crippen LogP contribution in [0.5, 0.6) is 0 Å². The van der Waals surface area contributed by atoms with Crippen LogP contribution in [-0.4, -0.2) is 62.0 Å². The predicted molar refractivity (Wildman–Crippen MR) is 96.4 cm³/mol. The zero-order valence-corrected chi connectivity index (χ0v) is 18.0. The van der Waals surface area contributed by atoms with Gasteiger partial charge in [0.05, 0.1) is 24.9 Å². The van der Waals surface area contributed by atoms with Crippen molar-refractivity contribution in [1.82, 2.24) is 0 Å². The standard InChI is InChI=1S/C9H15F3O2.C7H9F3O2.Al.B.HN/c1-4-8(2,3)7(13)14-6-5-9(10,11)12;1-5(2)6(11)12-4-3-7(8,9)10;;;/h4-6H2,1-3H3;1,3-4H2,2H3;;;1H. The summed E-state index contributed by atoms with van der Waals surface area (Å²) < 4.78 is 84.0. The molecule has 0 aromatic carbocycles. The molecule has 4 radical (unpaired) electrons. The van der Waals surface area contributed by atoms with Crippen LogP contribution in [0.4, 0.5) is 26.3 Å². The van der Waals surface area contributed by atoms with Crippen LogP contribution >= 0.6 is 0 Å². The molecule has 0 aromatic rings. The van der Waals surface area contributed by atoms with Crippen molar-refractivity contribution in [3.63, 3.8) is 0 Å². The number of hydrogen-bond acceptors (Lipinski definition) is 5. The Bertz CT molecular complexity index is 499. The van der Waals surface area contributed by atoms with Crippen molar-refractivity contribution >= 4 is 36.4 Å². The van der Waals surface area contributed by atoms with Gasteiger partial charge >= 0.3 is 44.7 Å². The summed E-state index contributed by atoms with van der Waals surface area (Å²) >= 11 is 1.67. The van der Waals surface area contributed by atoms with Gasteiger partial charge in [-0.2, -0.15) is 26.3 Å². The molecule has 0 rings (SSSR count). The molecule has 0 bridgehead atoms. The van der Waals surface area contributed by atoms with Gasteiger partial charge in [-0.3, -0.25) is 4.79 Å². The molecule has 0 fully saturated rings. The average Bonchev–Trinajstić information content (AvgIpc) is 2.54. The Labute approximate surface area is 176 Å². The number of alkyl halides is 6. The van der Waals surface area contributed by atoms with Crippen LogP contribution in [0.25, 0.3) is 0 Å². The number of esters is 2. The van der Waals surface area contributed by atoms with E-state index in [1.54, 1.807) is 36.9 Å². The third-order valence-corrected chi connectivity index (χ3v) is 3.02. The van der Waals surface area contributed by atoms with Crippen molar-refractivity contribution in [2.24, 2.45) is 5.41 Å². The summed E-state index contributed by atoms with van der Waals surface area (Å²) in [6.45, 7) is 8.42. The van der Waals surface area contributed by atoms with E-state index in [9.17, 15) is 35.9 Å². The molecule has 166 valence electrons. The molecule has 1 N–H and O–H groups in total. The van der Waals surface area contributed by atoms with E-state index in [4.69, 9.17) is 4.35 Å². The fourth-order valence-corrected chi connectivity index (χ4v) is 0.982. The normalized spacial score (nSPS) is 10.8. The van der Waals surface area contributed by atoms with Gasteiger partial charge in [-0.05, 0) is 27.2 Å². The Morgan fingerprint density at radius 1 is 0.931 bits per heavy atom. The van der Waals surface area contributed by atoms with Crippen LogP contribution < -0.4 is 0 Å². The number of nitrogens with one attached hydrogen (secondary N) is 1. The number of rotatable bonds is 7. The van der Waals surface area contributed by atoms with E-state index in [0.29, 0.717) is 6.42 Å². The maximum atomic E-state index is 11.7. The summed E-state index contributed by atoms with van der Waals surface area (Å²) in [6, 6.07) is 0. The van der Waals surface area contributed by atoms with Crippen LogP contribution in [0.15, 0.2) is 12.2 Å². The van der Waals surface area contributed by atoms with Crippen LogP contribution in [0.1, 0.15) is 47.0 Å². The average molecular weight is 447 g/mol. The topological polar surface area (TPSA) is 76.5 Å². The first-order valence-electron chi connectivity index (χ1n) is 7.94. The molecule has 13 heteroatoms. The van der Waals surface area contributed by atoms with Gasteiger partial charge < -0.3 is 9.47 Å². The Morgan fingerprint density at radius 3 is 1.55 bits per heavy atom. The first kappa shape index (κ1) is 35.1. The summed E-state index contributed by atoms with van der Waals surface area (Å²) in [5.41, 5.74) is -0.608. The molecule has 0 saturated carbocycles. The molecule has 0 saturated heterocycles. The molecule has 0 amide bonds. The molecule has 0 aliphatic heterocycles. The quantitative estimate of drug-likeness (QED) is 0.270. The van der Waals surface area contributed by atoms with E-state index in [1.165, 1.54) is 6.92 Å². The first-order chi connectivity index (χ1) is 12.5. The SMILES string of the molecule is C=C(C)C(=O)OCCC(F)(F)F.CCC(C)(C)C(=O)OCCC(F)(F)F.[B].[NH]=[Al]. The fraction of sp³-hybridized carbons (Fsp3) is 0.750. The number of hydrogen-bond donors (Lipinski definition) is 1. The number of carbonyl (C=O) groups excluding carboxylic acids is 2. The zero-order valence-electron chi connectivity index (χ0n) is 16.8. The van der Waals surface area contributed by atoms with Crippen LogP contribution in [0.2, 0.25) is 0 Å². The fourth-order valence-electron chi connectivity index (χ4n) is 0.982. The summed E-state index contributed by atoms with van der Waals surface area (Å²) in [5, 5.41) is 0. The molecule has 0 spiro atoms. The van der Waals surface area contributed by atoms with Gasteiger partial charge in [0, 0.05) is 14.0 Å². The molecular weight excluding hydrogens is 422 g/mol. The summed E-state index contributed by atoms with van der Waals surface area (Å²) in [6.07, 6.45) is -10.2. The number of carbonyl (C=O) groups is 2. The van der Waals surface area contributed by atoms with E-state index in [0.717, 1.165) is 0 Å². The van der Waals surface area contributed by atoms with Gasteiger partial charge in [0.2, 0.25) is 0 Å². The van der Waals surface area contributed by atoms with Crippen LogP contribution in [0, 0.1) is 9.76 Å². The molecule has 0 aromatic heterocycles. The van der Waals surface area contributed by atoms with Crippen LogP contribution in [0.3, 0.4) is 0 Å². The van der Waals surface area contributed by atoms with Crippen molar-refractivity contribution < 1.29 is 45.4 Å².